The van der Waals surface area contributed by atoms with Gasteiger partial charge >= 0.3 is 6.47 Å². The van der Waals surface area contributed by atoms with Crippen molar-refractivity contribution in [2.24, 2.45) is 0 Å². The fourth-order valence-corrected chi connectivity index (χ4v) is 1.47. The van der Waals surface area contributed by atoms with Crippen molar-refractivity contribution >= 4 is 12.4 Å². The zero-order valence-corrected chi connectivity index (χ0v) is 6.36. The van der Waals surface area contributed by atoms with Crippen LogP contribution in [0, 0.1) is 0 Å². The summed E-state index contributed by atoms with van der Waals surface area (Å²) in [6.45, 7) is 2.04. The molecule has 2 aliphatic heterocycles. The Morgan fingerprint density at radius 1 is 1.75 bits per heavy atom. The Labute approximate surface area is 69.2 Å². The molecular formula is C7H8NO4. The Morgan fingerprint density at radius 3 is 3.17 bits per heavy atom. The minimum atomic E-state index is -0.164. The van der Waals surface area contributed by atoms with E-state index in [-0.39, 0.29) is 24.8 Å². The molecule has 65 valence electrons. The lowest BCUT2D eigenvalue weighted by molar-refractivity contribution is -0.156. The quantitative estimate of drug-likeness (QED) is 0.511. The SMILES string of the molecule is O=[C]OCC1CN2C(=O)CC2O1. The third kappa shape index (κ3) is 1.06. The zero-order chi connectivity index (χ0) is 8.55. The van der Waals surface area contributed by atoms with Crippen molar-refractivity contribution in [2.45, 2.75) is 18.8 Å². The maximum Gasteiger partial charge on any atom is 0.417 e. The Bertz CT molecular complexity index is 217. The van der Waals surface area contributed by atoms with Crippen LogP contribution in [0.25, 0.3) is 0 Å². The maximum absolute atomic E-state index is 10.9. The van der Waals surface area contributed by atoms with Gasteiger partial charge < -0.3 is 14.4 Å². The molecule has 12 heavy (non-hydrogen) atoms. The van der Waals surface area contributed by atoms with Crippen LogP contribution < -0.4 is 0 Å². The second kappa shape index (κ2) is 2.75. The third-order valence-electron chi connectivity index (χ3n) is 2.10. The van der Waals surface area contributed by atoms with Crippen molar-refractivity contribution in [3.63, 3.8) is 0 Å². The number of β-lactam (4-membered cyclic amide) rings is 1. The van der Waals surface area contributed by atoms with Gasteiger partial charge in [0.25, 0.3) is 0 Å². The average Bonchev–Trinajstić information content (AvgIpc) is 2.39. The van der Waals surface area contributed by atoms with Crippen molar-refractivity contribution in [1.29, 1.82) is 0 Å². The van der Waals surface area contributed by atoms with Gasteiger partial charge in [-0.05, 0) is 0 Å². The van der Waals surface area contributed by atoms with Gasteiger partial charge in [0, 0.05) is 0 Å². The molecule has 0 aliphatic carbocycles. The van der Waals surface area contributed by atoms with Crippen molar-refractivity contribution in [3.05, 3.63) is 0 Å². The molecule has 1 radical (unpaired) electrons. The second-order valence-electron chi connectivity index (χ2n) is 2.86. The summed E-state index contributed by atoms with van der Waals surface area (Å²) in [5, 5.41) is 0. The fourth-order valence-electron chi connectivity index (χ4n) is 1.47. The number of amides is 1. The first-order valence-electron chi connectivity index (χ1n) is 3.75. The molecule has 2 unspecified atom stereocenters. The number of fused-ring (bicyclic) bond motifs is 1. The molecule has 2 saturated heterocycles. The van der Waals surface area contributed by atoms with Crippen LogP contribution in [0.3, 0.4) is 0 Å². The predicted octanol–water partition coefficient (Wildman–Crippen LogP) is -0.973. The Morgan fingerprint density at radius 2 is 2.58 bits per heavy atom. The molecule has 0 N–H and O–H groups in total. The highest BCUT2D eigenvalue weighted by Crippen LogP contribution is 2.28. The van der Waals surface area contributed by atoms with Crippen LogP contribution in [0.4, 0.5) is 0 Å². The minimum absolute atomic E-state index is 0.0715. The van der Waals surface area contributed by atoms with E-state index in [0.29, 0.717) is 13.0 Å². The largest absolute Gasteiger partial charge is 0.454 e. The number of carbonyl (C=O) groups excluding carboxylic acids is 2. The molecule has 0 saturated carbocycles. The number of ether oxygens (including phenoxy) is 2. The summed E-state index contributed by atoms with van der Waals surface area (Å²) >= 11 is 0. The van der Waals surface area contributed by atoms with Gasteiger partial charge in [0.15, 0.2) is 0 Å². The summed E-state index contributed by atoms with van der Waals surface area (Å²) in [6, 6.07) is 0. The van der Waals surface area contributed by atoms with Gasteiger partial charge in [-0.25, -0.2) is 4.79 Å². The summed E-state index contributed by atoms with van der Waals surface area (Å²) in [7, 11) is 0. The second-order valence-corrected chi connectivity index (χ2v) is 2.86. The molecule has 5 heteroatoms. The summed E-state index contributed by atoms with van der Waals surface area (Å²) < 4.78 is 9.74. The first kappa shape index (κ1) is 7.54. The maximum atomic E-state index is 10.9. The molecule has 2 aliphatic rings. The van der Waals surface area contributed by atoms with Gasteiger partial charge in [0.2, 0.25) is 5.91 Å². The minimum Gasteiger partial charge on any atom is -0.454 e. The fraction of sp³-hybridized carbons (Fsp3) is 0.714. The number of hydrogen-bond donors (Lipinski definition) is 0. The van der Waals surface area contributed by atoms with Crippen molar-refractivity contribution in [3.8, 4) is 0 Å². The van der Waals surface area contributed by atoms with Crippen LogP contribution in [0.15, 0.2) is 0 Å². The molecule has 2 fully saturated rings. The van der Waals surface area contributed by atoms with E-state index in [9.17, 15) is 9.59 Å². The van der Waals surface area contributed by atoms with E-state index in [4.69, 9.17) is 4.74 Å². The summed E-state index contributed by atoms with van der Waals surface area (Å²) in [5.74, 6) is 0.109. The molecule has 2 atom stereocenters. The summed E-state index contributed by atoms with van der Waals surface area (Å²) in [5.41, 5.74) is 0. The van der Waals surface area contributed by atoms with E-state index < -0.39 is 0 Å². The van der Waals surface area contributed by atoms with Crippen LogP contribution in [-0.4, -0.2) is 42.8 Å². The highest BCUT2D eigenvalue weighted by atomic mass is 16.6. The smallest absolute Gasteiger partial charge is 0.417 e. The first-order chi connectivity index (χ1) is 5.81. The number of hydrogen-bond acceptors (Lipinski definition) is 4. The van der Waals surface area contributed by atoms with Crippen molar-refractivity contribution in [1.82, 2.24) is 4.90 Å². The lowest BCUT2D eigenvalue weighted by atomic mass is 10.2. The molecule has 0 aromatic carbocycles. The Balaban J connectivity index is 1.82. The van der Waals surface area contributed by atoms with Crippen molar-refractivity contribution in [2.75, 3.05) is 13.2 Å². The molecule has 2 rings (SSSR count). The normalized spacial score (nSPS) is 32.7. The van der Waals surface area contributed by atoms with Gasteiger partial charge in [0.05, 0.1) is 13.0 Å². The molecule has 0 bridgehead atoms. The van der Waals surface area contributed by atoms with E-state index in [1.54, 1.807) is 4.90 Å². The van der Waals surface area contributed by atoms with E-state index in [1.165, 1.54) is 6.47 Å². The zero-order valence-electron chi connectivity index (χ0n) is 6.36. The van der Waals surface area contributed by atoms with Crippen LogP contribution in [0.5, 0.6) is 0 Å². The first-order valence-corrected chi connectivity index (χ1v) is 3.75. The van der Waals surface area contributed by atoms with Gasteiger partial charge in [-0.15, -0.1) is 0 Å². The van der Waals surface area contributed by atoms with Crippen LogP contribution in [0.1, 0.15) is 6.42 Å². The van der Waals surface area contributed by atoms with Crippen LogP contribution >= 0.6 is 0 Å². The standard InChI is InChI=1S/C7H8NO4/c9-4-11-3-5-2-8-6(10)1-7(8)12-5/h5,7H,1-3H2. The topological polar surface area (TPSA) is 55.8 Å². The van der Waals surface area contributed by atoms with E-state index >= 15 is 0 Å². The van der Waals surface area contributed by atoms with E-state index in [1.807, 2.05) is 0 Å². The van der Waals surface area contributed by atoms with Gasteiger partial charge in [0.1, 0.15) is 18.9 Å². The Hall–Kier alpha value is -1.10. The average molecular weight is 170 g/mol. The predicted molar refractivity (Wildman–Crippen MR) is 36.6 cm³/mol. The molecule has 5 nitrogen and oxygen atoms in total. The van der Waals surface area contributed by atoms with Crippen LogP contribution in [0.2, 0.25) is 0 Å². The molecule has 2 heterocycles. The molecule has 0 aromatic heterocycles. The number of rotatable bonds is 3. The van der Waals surface area contributed by atoms with Crippen molar-refractivity contribution < 1.29 is 19.1 Å². The van der Waals surface area contributed by atoms with Gasteiger partial charge in [-0.1, -0.05) is 0 Å². The van der Waals surface area contributed by atoms with Gasteiger partial charge in [-0.2, -0.15) is 0 Å². The molecule has 0 spiro atoms. The van der Waals surface area contributed by atoms with E-state index in [0.717, 1.165) is 0 Å². The van der Waals surface area contributed by atoms with Crippen LogP contribution in [-0.2, 0) is 19.1 Å². The number of nitrogens with zero attached hydrogens (tertiary/aromatic N) is 1. The lowest BCUT2D eigenvalue weighted by Crippen LogP contribution is -2.48. The third-order valence-corrected chi connectivity index (χ3v) is 2.10. The number of carbonyl (C=O) groups is 1. The Kier molecular flexibility index (Phi) is 1.73. The lowest BCUT2D eigenvalue weighted by Gasteiger charge is -2.31. The summed E-state index contributed by atoms with van der Waals surface area (Å²) in [4.78, 5) is 22.2. The summed E-state index contributed by atoms with van der Waals surface area (Å²) in [6.07, 6.45) is 0.224. The van der Waals surface area contributed by atoms with Gasteiger partial charge in [-0.3, -0.25) is 4.79 Å². The molecule has 0 aromatic rings. The molecule has 1 amide bonds. The molecular weight excluding hydrogens is 162 g/mol. The van der Waals surface area contributed by atoms with E-state index in [2.05, 4.69) is 4.74 Å². The monoisotopic (exact) mass is 170 g/mol. The highest BCUT2D eigenvalue weighted by molar-refractivity contribution is 5.82. The highest BCUT2D eigenvalue weighted by Gasteiger charge is 2.45.